The number of hydrogen-bond donors (Lipinski definition) is 2. The minimum absolute atomic E-state index is 0.682. The number of carboxylic acid groups (broad SMARTS) is 2. The summed E-state index contributed by atoms with van der Waals surface area (Å²) < 4.78 is -1.54. The fourth-order valence-electron chi connectivity index (χ4n) is 2.63. The molecule has 0 aromatic rings. The minimum atomic E-state index is -0.777. The molecular weight excluding hydrogens is 528 g/mol. The van der Waals surface area contributed by atoms with Crippen molar-refractivity contribution >= 4 is 65.4 Å². The van der Waals surface area contributed by atoms with Gasteiger partial charge in [0.1, 0.15) is 8.65 Å². The van der Waals surface area contributed by atoms with Crippen molar-refractivity contribution in [2.45, 2.75) is 99.5 Å². The van der Waals surface area contributed by atoms with Crippen molar-refractivity contribution in [3.8, 4) is 0 Å². The molecule has 0 aromatic carbocycles. The molecule has 0 amide bonds. The van der Waals surface area contributed by atoms with Gasteiger partial charge < -0.3 is 10.2 Å². The van der Waals surface area contributed by atoms with Gasteiger partial charge in [-0.15, -0.1) is 0 Å². The second kappa shape index (κ2) is 16.3. The summed E-state index contributed by atoms with van der Waals surface area (Å²) in [5.74, 6) is 0.825. The lowest BCUT2D eigenvalue weighted by atomic mass is 10.0. The Kier molecular flexibility index (Phi) is 16.7. The van der Waals surface area contributed by atoms with Gasteiger partial charge in [0.25, 0.3) is 0 Å². The van der Waals surface area contributed by atoms with E-state index >= 15 is 0 Å². The van der Waals surface area contributed by atoms with Crippen molar-refractivity contribution < 1.29 is 19.8 Å². The van der Waals surface area contributed by atoms with Crippen LogP contribution in [0.2, 0.25) is 0 Å². The van der Waals surface area contributed by atoms with E-state index < -0.39 is 20.6 Å². The molecule has 0 saturated carbocycles. The van der Waals surface area contributed by atoms with Crippen LogP contribution in [0.4, 0.5) is 0 Å². The van der Waals surface area contributed by atoms with E-state index in [9.17, 15) is 9.59 Å². The number of carboxylic acids is 2. The maximum atomic E-state index is 11.0. The molecule has 0 rings (SSSR count). The van der Waals surface area contributed by atoms with Crippen molar-refractivity contribution in [3.63, 3.8) is 0 Å². The molecule has 166 valence electrons. The largest absolute Gasteiger partial charge is 0.480 e. The number of halogens is 2. The normalized spacial score (nSPS) is 15.7. The zero-order chi connectivity index (χ0) is 21.5. The van der Waals surface area contributed by atoms with E-state index in [4.69, 9.17) is 10.2 Å². The Balaban J connectivity index is 3.28. The summed E-state index contributed by atoms with van der Waals surface area (Å²) in [4.78, 5) is 22.0. The molecule has 0 aromatic heterocycles. The van der Waals surface area contributed by atoms with Gasteiger partial charge in [0, 0.05) is 11.5 Å². The fourth-order valence-corrected chi connectivity index (χ4v) is 5.48. The second-order valence-corrected chi connectivity index (χ2v) is 13.9. The first kappa shape index (κ1) is 28.6. The molecule has 0 aliphatic carbocycles. The maximum absolute atomic E-state index is 11.0. The number of unbranched alkanes of at least 4 members (excludes halogenated alkanes) is 8. The van der Waals surface area contributed by atoms with Crippen LogP contribution in [0.15, 0.2) is 0 Å². The standard InChI is InChI=1S/C20H36Br2O4S2/c1-19(21,17(23)24)13-9-5-3-7-11-15-27-28-16-12-8-4-6-10-14-20(2,22)18(25)26/h3-16H2,1-2H3,(H,23,24)(H,25,26). The summed E-state index contributed by atoms with van der Waals surface area (Å²) in [6, 6.07) is 0. The molecule has 0 spiro atoms. The van der Waals surface area contributed by atoms with Crippen molar-refractivity contribution in [2.75, 3.05) is 11.5 Å². The van der Waals surface area contributed by atoms with Crippen molar-refractivity contribution in [1.29, 1.82) is 0 Å². The highest BCUT2D eigenvalue weighted by atomic mass is 79.9. The van der Waals surface area contributed by atoms with Crippen LogP contribution in [0.5, 0.6) is 0 Å². The van der Waals surface area contributed by atoms with E-state index in [-0.39, 0.29) is 0 Å². The lowest BCUT2D eigenvalue weighted by Gasteiger charge is -2.16. The molecule has 4 nitrogen and oxygen atoms in total. The Morgan fingerprint density at radius 1 is 0.643 bits per heavy atom. The van der Waals surface area contributed by atoms with Crippen molar-refractivity contribution in [3.05, 3.63) is 0 Å². The highest BCUT2D eigenvalue weighted by Gasteiger charge is 2.29. The quantitative estimate of drug-likeness (QED) is 0.0960. The molecule has 2 unspecified atom stereocenters. The number of hydrogen-bond acceptors (Lipinski definition) is 4. The van der Waals surface area contributed by atoms with E-state index in [0.29, 0.717) is 12.8 Å². The summed E-state index contributed by atoms with van der Waals surface area (Å²) in [6.45, 7) is 3.45. The highest BCUT2D eigenvalue weighted by Crippen LogP contribution is 2.28. The second-order valence-electron chi connectivity index (χ2n) is 7.68. The summed E-state index contributed by atoms with van der Waals surface area (Å²) in [5, 5.41) is 18.1. The monoisotopic (exact) mass is 562 g/mol. The van der Waals surface area contributed by atoms with E-state index in [1.807, 2.05) is 21.6 Å². The van der Waals surface area contributed by atoms with Gasteiger partial charge in [0.05, 0.1) is 0 Å². The SMILES string of the molecule is CC(Br)(CCCCCCCSSCCCCCCCC(C)(Br)C(=O)O)C(=O)O. The number of rotatable bonds is 19. The van der Waals surface area contributed by atoms with Gasteiger partial charge in [0.15, 0.2) is 0 Å². The average Bonchev–Trinajstić information content (AvgIpc) is 2.60. The van der Waals surface area contributed by atoms with Crippen LogP contribution in [-0.4, -0.2) is 42.3 Å². The third-order valence-electron chi connectivity index (χ3n) is 4.72. The van der Waals surface area contributed by atoms with Gasteiger partial charge in [0.2, 0.25) is 0 Å². The summed E-state index contributed by atoms with van der Waals surface area (Å²) in [7, 11) is 3.92. The van der Waals surface area contributed by atoms with Gasteiger partial charge in [-0.1, -0.05) is 105 Å². The first-order chi connectivity index (χ1) is 13.1. The Morgan fingerprint density at radius 2 is 0.929 bits per heavy atom. The van der Waals surface area contributed by atoms with Crippen LogP contribution >= 0.6 is 53.4 Å². The minimum Gasteiger partial charge on any atom is -0.480 e. The molecule has 0 aliphatic heterocycles. The molecule has 8 heteroatoms. The van der Waals surface area contributed by atoms with Gasteiger partial charge >= 0.3 is 11.9 Å². The predicted molar refractivity (Wildman–Crippen MR) is 130 cm³/mol. The number of aliphatic carboxylic acids is 2. The van der Waals surface area contributed by atoms with E-state index in [0.717, 1.165) is 25.7 Å². The third kappa shape index (κ3) is 15.4. The number of carbonyl (C=O) groups is 2. The Bertz CT molecular complexity index is 406. The first-order valence-corrected chi connectivity index (χ1v) is 14.3. The third-order valence-corrected chi connectivity index (χ3v) is 8.77. The molecule has 0 saturated heterocycles. The summed E-state index contributed by atoms with van der Waals surface area (Å²) >= 11 is 6.54. The van der Waals surface area contributed by atoms with Crippen LogP contribution in [0.25, 0.3) is 0 Å². The van der Waals surface area contributed by atoms with Crippen LogP contribution in [0.1, 0.15) is 90.9 Å². The number of alkyl halides is 2. The lowest BCUT2D eigenvalue weighted by molar-refractivity contribution is -0.140. The Labute approximate surface area is 195 Å². The van der Waals surface area contributed by atoms with Crippen LogP contribution < -0.4 is 0 Å². The molecule has 0 aliphatic rings. The van der Waals surface area contributed by atoms with E-state index in [2.05, 4.69) is 31.9 Å². The van der Waals surface area contributed by atoms with E-state index in [1.54, 1.807) is 13.8 Å². The zero-order valence-corrected chi connectivity index (χ0v) is 22.0. The Morgan fingerprint density at radius 3 is 1.25 bits per heavy atom. The molecule has 2 N–H and O–H groups in total. The van der Waals surface area contributed by atoms with Crippen molar-refractivity contribution in [1.82, 2.24) is 0 Å². The molecule has 0 fully saturated rings. The molecular formula is C20H36Br2O4S2. The zero-order valence-electron chi connectivity index (χ0n) is 17.2. The van der Waals surface area contributed by atoms with Crippen LogP contribution in [0.3, 0.4) is 0 Å². The molecule has 0 radical (unpaired) electrons. The lowest BCUT2D eigenvalue weighted by Crippen LogP contribution is -2.27. The van der Waals surface area contributed by atoms with Gasteiger partial charge in [-0.05, 0) is 39.5 Å². The van der Waals surface area contributed by atoms with E-state index in [1.165, 1.54) is 50.0 Å². The topological polar surface area (TPSA) is 74.6 Å². The highest BCUT2D eigenvalue weighted by molar-refractivity contribution is 9.10. The maximum Gasteiger partial charge on any atom is 0.320 e. The summed E-state index contributed by atoms with van der Waals surface area (Å²) in [6.07, 6.45) is 12.8. The average molecular weight is 564 g/mol. The van der Waals surface area contributed by atoms with Crippen molar-refractivity contribution in [2.24, 2.45) is 0 Å². The van der Waals surface area contributed by atoms with Gasteiger partial charge in [-0.25, -0.2) is 0 Å². The fraction of sp³-hybridized carbons (Fsp3) is 0.900. The Hall–Kier alpha value is 0.600. The smallest absolute Gasteiger partial charge is 0.320 e. The van der Waals surface area contributed by atoms with Gasteiger partial charge in [-0.2, -0.15) is 0 Å². The van der Waals surface area contributed by atoms with Crippen LogP contribution in [0, 0.1) is 0 Å². The molecule has 0 heterocycles. The first-order valence-electron chi connectivity index (χ1n) is 10.2. The molecule has 0 bridgehead atoms. The van der Waals surface area contributed by atoms with Crippen LogP contribution in [-0.2, 0) is 9.59 Å². The molecule has 2 atom stereocenters. The predicted octanol–water partition coefficient (Wildman–Crippen LogP) is 7.53. The molecule has 28 heavy (non-hydrogen) atoms. The van der Waals surface area contributed by atoms with Gasteiger partial charge in [-0.3, -0.25) is 9.59 Å². The summed E-state index contributed by atoms with van der Waals surface area (Å²) in [5.41, 5.74) is 0.